The monoisotopic (exact) mass is 413 g/mol. The second-order valence-electron chi connectivity index (χ2n) is 9.93. The van der Waals surface area contributed by atoms with Crippen molar-refractivity contribution in [1.82, 2.24) is 15.1 Å². The lowest BCUT2D eigenvalue weighted by atomic mass is 9.91. The van der Waals surface area contributed by atoms with Crippen LogP contribution in [0, 0.1) is 11.3 Å². The maximum atomic E-state index is 12.8. The molecular weight excluding hydrogens is 378 g/mol. The van der Waals surface area contributed by atoms with E-state index in [1.54, 1.807) is 0 Å². The summed E-state index contributed by atoms with van der Waals surface area (Å²) >= 11 is 0. The molecule has 6 heteroatoms. The third-order valence-corrected chi connectivity index (χ3v) is 6.15. The van der Waals surface area contributed by atoms with E-state index in [4.69, 9.17) is 0 Å². The van der Waals surface area contributed by atoms with Gasteiger partial charge in [-0.25, -0.2) is 0 Å². The second-order valence-corrected chi connectivity index (χ2v) is 9.93. The molecule has 1 N–H and O–H groups in total. The number of nitrogens with one attached hydrogen (secondary N) is 1. The predicted molar refractivity (Wildman–Crippen MR) is 116 cm³/mol. The van der Waals surface area contributed by atoms with Crippen molar-refractivity contribution in [2.75, 3.05) is 19.6 Å². The Labute approximate surface area is 180 Å². The van der Waals surface area contributed by atoms with Crippen LogP contribution in [0.25, 0.3) is 0 Å². The average molecular weight is 414 g/mol. The molecule has 2 unspecified atom stereocenters. The smallest absolute Gasteiger partial charge is 0.225 e. The van der Waals surface area contributed by atoms with Gasteiger partial charge in [0.05, 0.1) is 12.0 Å². The van der Waals surface area contributed by atoms with Crippen LogP contribution >= 0.6 is 0 Å². The number of likely N-dealkylation sites (tertiary alicyclic amines) is 2. The van der Waals surface area contributed by atoms with Gasteiger partial charge in [0.2, 0.25) is 17.7 Å². The number of rotatable bonds is 5. The Morgan fingerprint density at radius 3 is 2.37 bits per heavy atom. The number of carbonyl (C=O) groups excluding carboxylic acids is 3. The first kappa shape index (κ1) is 22.3. The van der Waals surface area contributed by atoms with Gasteiger partial charge in [-0.1, -0.05) is 51.1 Å². The van der Waals surface area contributed by atoms with E-state index in [-0.39, 0.29) is 47.6 Å². The summed E-state index contributed by atoms with van der Waals surface area (Å²) in [5.74, 6) is -0.108. The van der Waals surface area contributed by atoms with Crippen molar-refractivity contribution in [2.45, 2.75) is 65.5 Å². The van der Waals surface area contributed by atoms with Gasteiger partial charge in [0.15, 0.2) is 0 Å². The molecule has 2 aliphatic heterocycles. The molecule has 0 radical (unpaired) electrons. The van der Waals surface area contributed by atoms with Crippen LogP contribution in [0.15, 0.2) is 30.3 Å². The number of amides is 3. The van der Waals surface area contributed by atoms with Gasteiger partial charge < -0.3 is 15.1 Å². The Morgan fingerprint density at radius 1 is 1.13 bits per heavy atom. The maximum absolute atomic E-state index is 12.8. The molecule has 3 amide bonds. The van der Waals surface area contributed by atoms with Gasteiger partial charge in [0, 0.05) is 38.5 Å². The first-order valence-corrected chi connectivity index (χ1v) is 11.1. The normalized spacial score (nSPS) is 21.6. The molecule has 30 heavy (non-hydrogen) atoms. The van der Waals surface area contributed by atoms with Crippen LogP contribution in [0.1, 0.15) is 65.0 Å². The molecule has 0 bridgehead atoms. The molecule has 1 aromatic rings. The predicted octanol–water partition coefficient (Wildman–Crippen LogP) is 3.14. The number of piperidine rings is 1. The minimum Gasteiger partial charge on any atom is -0.353 e. The summed E-state index contributed by atoms with van der Waals surface area (Å²) in [6.45, 7) is 10.1. The van der Waals surface area contributed by atoms with E-state index in [9.17, 15) is 14.4 Å². The van der Waals surface area contributed by atoms with Crippen molar-refractivity contribution in [3.63, 3.8) is 0 Å². The molecule has 0 aliphatic carbocycles. The summed E-state index contributed by atoms with van der Waals surface area (Å²) in [4.78, 5) is 41.5. The maximum Gasteiger partial charge on any atom is 0.225 e. The Morgan fingerprint density at radius 2 is 1.77 bits per heavy atom. The van der Waals surface area contributed by atoms with E-state index in [1.165, 1.54) is 0 Å². The second kappa shape index (κ2) is 9.19. The highest BCUT2D eigenvalue weighted by molar-refractivity contribution is 5.89. The van der Waals surface area contributed by atoms with Crippen LogP contribution in [-0.4, -0.2) is 53.2 Å². The van der Waals surface area contributed by atoms with Crippen LogP contribution in [-0.2, 0) is 14.4 Å². The first-order chi connectivity index (χ1) is 14.1. The molecule has 0 saturated carbocycles. The third kappa shape index (κ3) is 5.61. The largest absolute Gasteiger partial charge is 0.353 e. The van der Waals surface area contributed by atoms with Crippen LogP contribution in [0.4, 0.5) is 0 Å². The Balaban J connectivity index is 1.48. The lowest BCUT2D eigenvalue weighted by molar-refractivity contribution is -0.134. The lowest BCUT2D eigenvalue weighted by Gasteiger charge is -2.34. The van der Waals surface area contributed by atoms with Gasteiger partial charge in [0.25, 0.3) is 0 Å². The molecule has 164 valence electrons. The van der Waals surface area contributed by atoms with E-state index in [0.29, 0.717) is 26.1 Å². The highest BCUT2D eigenvalue weighted by atomic mass is 16.2. The minimum atomic E-state index is -0.302. The van der Waals surface area contributed by atoms with Crippen molar-refractivity contribution < 1.29 is 14.4 Å². The standard InChI is InChI=1S/C24H35N3O3/c1-17(18-8-6-5-7-9-18)27-16-19(14-21(27)28)23(30)25-20-10-12-26(13-11-20)22(29)15-24(2,3)4/h5-9,17,19-20H,10-16H2,1-4H3,(H,25,30). The third-order valence-electron chi connectivity index (χ3n) is 6.15. The van der Waals surface area contributed by atoms with E-state index < -0.39 is 0 Å². The van der Waals surface area contributed by atoms with Crippen molar-refractivity contribution in [2.24, 2.45) is 11.3 Å². The number of hydrogen-bond acceptors (Lipinski definition) is 3. The first-order valence-electron chi connectivity index (χ1n) is 11.1. The summed E-state index contributed by atoms with van der Waals surface area (Å²) in [5, 5.41) is 3.13. The fourth-order valence-electron chi connectivity index (χ4n) is 4.35. The zero-order valence-electron chi connectivity index (χ0n) is 18.7. The Hall–Kier alpha value is -2.37. The minimum absolute atomic E-state index is 0.0140. The van der Waals surface area contributed by atoms with Crippen LogP contribution in [0.5, 0.6) is 0 Å². The van der Waals surface area contributed by atoms with E-state index in [2.05, 4.69) is 26.1 Å². The molecule has 3 rings (SSSR count). The zero-order valence-corrected chi connectivity index (χ0v) is 18.7. The van der Waals surface area contributed by atoms with E-state index in [1.807, 2.05) is 47.1 Å². The zero-order chi connectivity index (χ0) is 21.9. The van der Waals surface area contributed by atoms with Gasteiger partial charge >= 0.3 is 0 Å². The number of hydrogen-bond donors (Lipinski definition) is 1. The topological polar surface area (TPSA) is 69.7 Å². The van der Waals surface area contributed by atoms with Gasteiger partial charge in [-0.3, -0.25) is 14.4 Å². The molecule has 6 nitrogen and oxygen atoms in total. The van der Waals surface area contributed by atoms with Crippen molar-refractivity contribution in [3.05, 3.63) is 35.9 Å². The van der Waals surface area contributed by atoms with Gasteiger partial charge in [-0.15, -0.1) is 0 Å². The Kier molecular flexibility index (Phi) is 6.84. The van der Waals surface area contributed by atoms with Crippen molar-refractivity contribution in [1.29, 1.82) is 0 Å². The molecule has 0 spiro atoms. The van der Waals surface area contributed by atoms with Crippen molar-refractivity contribution in [3.8, 4) is 0 Å². The van der Waals surface area contributed by atoms with Gasteiger partial charge in [-0.2, -0.15) is 0 Å². The molecule has 0 aromatic heterocycles. The summed E-state index contributed by atoms with van der Waals surface area (Å²) in [7, 11) is 0. The highest BCUT2D eigenvalue weighted by Gasteiger charge is 2.38. The van der Waals surface area contributed by atoms with Gasteiger partial charge in [0.1, 0.15) is 0 Å². The van der Waals surface area contributed by atoms with E-state index >= 15 is 0 Å². The number of nitrogens with zero attached hydrogens (tertiary/aromatic N) is 2. The molecule has 2 saturated heterocycles. The lowest BCUT2D eigenvalue weighted by Crippen LogP contribution is -2.48. The molecule has 2 aliphatic rings. The highest BCUT2D eigenvalue weighted by Crippen LogP contribution is 2.29. The van der Waals surface area contributed by atoms with Gasteiger partial charge in [-0.05, 0) is 30.7 Å². The van der Waals surface area contributed by atoms with Crippen molar-refractivity contribution >= 4 is 17.7 Å². The molecule has 1 aromatic carbocycles. The summed E-state index contributed by atoms with van der Waals surface area (Å²) in [6, 6.07) is 9.96. The molecule has 2 heterocycles. The van der Waals surface area contributed by atoms with Crippen LogP contribution < -0.4 is 5.32 Å². The number of carbonyl (C=O) groups is 3. The summed E-state index contributed by atoms with van der Waals surface area (Å²) in [6.07, 6.45) is 2.36. The SMILES string of the molecule is CC(c1ccccc1)N1CC(C(=O)NC2CCN(C(=O)CC(C)(C)C)CC2)CC1=O. The Bertz CT molecular complexity index is 764. The molecule has 2 atom stereocenters. The molecular formula is C24H35N3O3. The summed E-state index contributed by atoms with van der Waals surface area (Å²) < 4.78 is 0. The summed E-state index contributed by atoms with van der Waals surface area (Å²) in [5.41, 5.74) is 1.07. The van der Waals surface area contributed by atoms with Crippen LogP contribution in [0.2, 0.25) is 0 Å². The van der Waals surface area contributed by atoms with Crippen LogP contribution in [0.3, 0.4) is 0 Å². The van der Waals surface area contributed by atoms with E-state index in [0.717, 1.165) is 18.4 Å². The average Bonchev–Trinajstić information content (AvgIpc) is 3.09. The molecule has 2 fully saturated rings. The quantitative estimate of drug-likeness (QED) is 0.806. The fourth-order valence-corrected chi connectivity index (χ4v) is 4.35. The number of benzene rings is 1. The fraction of sp³-hybridized carbons (Fsp3) is 0.625.